The van der Waals surface area contributed by atoms with E-state index in [4.69, 9.17) is 0 Å². The maximum absolute atomic E-state index is 12.5. The number of rotatable bonds is 9. The number of carbonyl (C=O) groups is 3. The molecule has 1 N–H and O–H groups in total. The van der Waals surface area contributed by atoms with Crippen molar-refractivity contribution in [3.05, 3.63) is 36.0 Å². The molecule has 0 fully saturated rings. The molecule has 0 atom stereocenters. The molecule has 0 aliphatic rings. The van der Waals surface area contributed by atoms with Gasteiger partial charge in [-0.3, -0.25) is 14.4 Å². The molecule has 0 aliphatic heterocycles. The average Bonchev–Trinajstić information content (AvgIpc) is 2.96. The summed E-state index contributed by atoms with van der Waals surface area (Å²) in [4.78, 5) is 38.4. The van der Waals surface area contributed by atoms with Crippen molar-refractivity contribution in [1.82, 2.24) is 14.8 Å². The van der Waals surface area contributed by atoms with Crippen LogP contribution in [0.4, 0.5) is 0 Å². The Bertz CT molecular complexity index is 775. The van der Waals surface area contributed by atoms with Gasteiger partial charge in [0.2, 0.25) is 0 Å². The summed E-state index contributed by atoms with van der Waals surface area (Å²) in [6.45, 7) is 8.72. The van der Waals surface area contributed by atoms with Crippen LogP contribution >= 0.6 is 0 Å². The minimum absolute atomic E-state index is 0.0107. The normalized spacial score (nSPS) is 11.0. The lowest BCUT2D eigenvalue weighted by atomic mass is 10.1. The van der Waals surface area contributed by atoms with Crippen molar-refractivity contribution < 1.29 is 14.4 Å². The second-order valence-electron chi connectivity index (χ2n) is 6.00. The van der Waals surface area contributed by atoms with E-state index in [1.165, 1.54) is 6.92 Å². The number of nitrogens with zero attached hydrogens (tertiary/aromatic N) is 2. The highest BCUT2D eigenvalue weighted by molar-refractivity contribution is 6.45. The summed E-state index contributed by atoms with van der Waals surface area (Å²) in [7, 11) is 0. The third-order valence-electron chi connectivity index (χ3n) is 4.24. The first-order valence-electron chi connectivity index (χ1n) is 8.60. The monoisotopic (exact) mass is 343 g/mol. The minimum Gasteiger partial charge on any atom is -0.348 e. The molecule has 0 saturated carbocycles. The summed E-state index contributed by atoms with van der Waals surface area (Å²) in [5, 5.41) is 3.38. The molecule has 1 amide bonds. The number of ketones is 2. The average molecular weight is 343 g/mol. The van der Waals surface area contributed by atoms with E-state index >= 15 is 0 Å². The Morgan fingerprint density at radius 1 is 1.12 bits per heavy atom. The zero-order chi connectivity index (χ0) is 18.4. The molecule has 0 bridgehead atoms. The van der Waals surface area contributed by atoms with Crippen molar-refractivity contribution in [1.29, 1.82) is 0 Å². The summed E-state index contributed by atoms with van der Waals surface area (Å²) >= 11 is 0. The van der Waals surface area contributed by atoms with Crippen LogP contribution in [0.15, 0.2) is 30.5 Å². The molecular formula is C19H25N3O3. The van der Waals surface area contributed by atoms with Gasteiger partial charge in [-0.05, 0) is 26.1 Å². The Labute approximate surface area is 147 Å². The lowest BCUT2D eigenvalue weighted by molar-refractivity contribution is -0.117. The molecule has 134 valence electrons. The number of aromatic nitrogens is 1. The number of para-hydroxylation sites is 1. The number of nitrogens with one attached hydrogen (secondary N) is 1. The van der Waals surface area contributed by atoms with Gasteiger partial charge in [0.25, 0.3) is 11.7 Å². The molecule has 0 aliphatic carbocycles. The molecule has 0 spiro atoms. The van der Waals surface area contributed by atoms with E-state index in [2.05, 4.69) is 24.1 Å². The zero-order valence-corrected chi connectivity index (χ0v) is 15.0. The fourth-order valence-corrected chi connectivity index (χ4v) is 2.87. The number of carbonyl (C=O) groups excluding carboxylic acids is 3. The molecule has 6 nitrogen and oxygen atoms in total. The molecule has 1 aromatic heterocycles. The second kappa shape index (κ2) is 8.58. The molecule has 0 saturated heterocycles. The van der Waals surface area contributed by atoms with Gasteiger partial charge < -0.3 is 14.8 Å². The summed E-state index contributed by atoms with van der Waals surface area (Å²) in [6.07, 6.45) is 1.60. The number of hydrogen-bond acceptors (Lipinski definition) is 4. The summed E-state index contributed by atoms with van der Waals surface area (Å²) in [5.41, 5.74) is 1.11. The van der Waals surface area contributed by atoms with Crippen LogP contribution in [0.25, 0.3) is 10.9 Å². The van der Waals surface area contributed by atoms with Crippen molar-refractivity contribution in [2.75, 3.05) is 26.2 Å². The van der Waals surface area contributed by atoms with Crippen LogP contribution in [0, 0.1) is 0 Å². The highest BCUT2D eigenvalue weighted by Crippen LogP contribution is 2.22. The molecule has 0 unspecified atom stereocenters. The van der Waals surface area contributed by atoms with E-state index in [0.717, 1.165) is 18.6 Å². The Kier molecular flexibility index (Phi) is 6.47. The van der Waals surface area contributed by atoms with Gasteiger partial charge in [0, 0.05) is 30.2 Å². The first kappa shape index (κ1) is 18.9. The third-order valence-corrected chi connectivity index (χ3v) is 4.24. The van der Waals surface area contributed by atoms with Crippen LogP contribution in [-0.4, -0.2) is 53.1 Å². The molecule has 2 aromatic rings. The number of benzene rings is 1. The molecule has 6 heteroatoms. The van der Waals surface area contributed by atoms with E-state index in [9.17, 15) is 14.4 Å². The predicted octanol–water partition coefficient (Wildman–Crippen LogP) is 1.87. The molecular weight excluding hydrogens is 318 g/mol. The first-order valence-corrected chi connectivity index (χ1v) is 8.60. The van der Waals surface area contributed by atoms with Gasteiger partial charge >= 0.3 is 0 Å². The van der Waals surface area contributed by atoms with Gasteiger partial charge in [0.1, 0.15) is 5.78 Å². The number of amides is 1. The summed E-state index contributed by atoms with van der Waals surface area (Å²) in [5.74, 6) is -1.20. The van der Waals surface area contributed by atoms with Gasteiger partial charge in [-0.25, -0.2) is 0 Å². The van der Waals surface area contributed by atoms with Crippen molar-refractivity contribution in [2.24, 2.45) is 0 Å². The van der Waals surface area contributed by atoms with E-state index in [1.54, 1.807) is 16.8 Å². The molecule has 1 heterocycles. The highest BCUT2D eigenvalue weighted by atomic mass is 16.2. The van der Waals surface area contributed by atoms with Gasteiger partial charge in [-0.15, -0.1) is 0 Å². The van der Waals surface area contributed by atoms with Crippen LogP contribution in [-0.2, 0) is 16.1 Å². The summed E-state index contributed by atoms with van der Waals surface area (Å²) in [6, 6.07) is 7.29. The van der Waals surface area contributed by atoms with E-state index in [-0.39, 0.29) is 12.3 Å². The fraction of sp³-hybridized carbons (Fsp3) is 0.421. The van der Waals surface area contributed by atoms with Gasteiger partial charge in [0.15, 0.2) is 0 Å². The van der Waals surface area contributed by atoms with Crippen molar-refractivity contribution >= 4 is 28.4 Å². The van der Waals surface area contributed by atoms with E-state index in [1.807, 2.05) is 18.2 Å². The van der Waals surface area contributed by atoms with Gasteiger partial charge in [0.05, 0.1) is 12.1 Å². The van der Waals surface area contributed by atoms with Crippen LogP contribution in [0.3, 0.4) is 0 Å². The molecule has 25 heavy (non-hydrogen) atoms. The van der Waals surface area contributed by atoms with Gasteiger partial charge in [-0.2, -0.15) is 0 Å². The Hall–Kier alpha value is -2.47. The highest BCUT2D eigenvalue weighted by Gasteiger charge is 2.21. The first-order chi connectivity index (χ1) is 12.0. The minimum atomic E-state index is -0.613. The quantitative estimate of drug-likeness (QED) is 0.557. The van der Waals surface area contributed by atoms with E-state index in [0.29, 0.717) is 24.0 Å². The molecule has 0 radical (unpaired) electrons. The number of likely N-dealkylation sites (N-methyl/N-ethyl adjacent to an activating group) is 1. The molecule has 1 aromatic carbocycles. The fourth-order valence-electron chi connectivity index (χ4n) is 2.87. The van der Waals surface area contributed by atoms with Gasteiger partial charge in [-0.1, -0.05) is 32.0 Å². The van der Waals surface area contributed by atoms with Crippen molar-refractivity contribution in [3.63, 3.8) is 0 Å². The zero-order valence-electron chi connectivity index (χ0n) is 15.0. The second-order valence-corrected chi connectivity index (χ2v) is 6.00. The van der Waals surface area contributed by atoms with E-state index < -0.39 is 11.7 Å². The van der Waals surface area contributed by atoms with Crippen LogP contribution in [0.2, 0.25) is 0 Å². The number of Topliss-reactive ketones (excluding diaryl/α,β-unsaturated/α-hetero) is 2. The number of fused-ring (bicyclic) bond motifs is 1. The number of hydrogen-bond donors (Lipinski definition) is 1. The largest absolute Gasteiger partial charge is 0.348 e. The Balaban J connectivity index is 2.16. The third kappa shape index (κ3) is 4.54. The lowest BCUT2D eigenvalue weighted by Gasteiger charge is -2.17. The van der Waals surface area contributed by atoms with Crippen molar-refractivity contribution in [3.8, 4) is 0 Å². The molecule has 2 rings (SSSR count). The van der Waals surface area contributed by atoms with Crippen molar-refractivity contribution in [2.45, 2.75) is 27.3 Å². The SMILES string of the molecule is CCN(CC)CCNC(=O)C(=O)c1cn(CC(C)=O)c2ccccc12. The maximum atomic E-state index is 12.5. The standard InChI is InChI=1S/C19H25N3O3/c1-4-21(5-2)11-10-20-19(25)18(24)16-13-22(12-14(3)23)17-9-7-6-8-15(16)17/h6-9,13H,4-5,10-12H2,1-3H3,(H,20,25). The van der Waals surface area contributed by atoms with Crippen LogP contribution in [0.1, 0.15) is 31.1 Å². The Morgan fingerprint density at radius 3 is 2.44 bits per heavy atom. The lowest BCUT2D eigenvalue weighted by Crippen LogP contribution is -2.37. The Morgan fingerprint density at radius 2 is 1.80 bits per heavy atom. The predicted molar refractivity (Wildman–Crippen MR) is 97.7 cm³/mol. The smallest absolute Gasteiger partial charge is 0.292 e. The maximum Gasteiger partial charge on any atom is 0.292 e. The summed E-state index contributed by atoms with van der Waals surface area (Å²) < 4.78 is 1.72. The van der Waals surface area contributed by atoms with Crippen LogP contribution < -0.4 is 5.32 Å². The topological polar surface area (TPSA) is 71.4 Å². The van der Waals surface area contributed by atoms with Crippen LogP contribution in [0.5, 0.6) is 0 Å².